The third-order valence-corrected chi connectivity index (χ3v) is 1.79. The highest BCUT2D eigenvalue weighted by atomic mass is 35.5. The minimum atomic E-state index is -0.513. The van der Waals surface area contributed by atoms with Crippen molar-refractivity contribution in [3.05, 3.63) is 21.1 Å². The Bertz CT molecular complexity index is 380. The van der Waals surface area contributed by atoms with Crippen LogP contribution in [0.1, 0.15) is 5.69 Å². The summed E-state index contributed by atoms with van der Waals surface area (Å²) < 4.78 is 0. The first-order valence-electron chi connectivity index (χ1n) is 3.79. The van der Waals surface area contributed by atoms with E-state index in [0.29, 0.717) is 0 Å². The van der Waals surface area contributed by atoms with E-state index < -0.39 is 4.92 Å². The summed E-state index contributed by atoms with van der Waals surface area (Å²) in [6, 6.07) is 0. The van der Waals surface area contributed by atoms with Crippen LogP contribution in [0.2, 0.25) is 5.28 Å². The molecule has 0 aliphatic rings. The molecule has 7 heteroatoms. The molecule has 1 heterocycles. The van der Waals surface area contributed by atoms with Crippen molar-refractivity contribution in [2.75, 3.05) is 19.0 Å². The zero-order chi connectivity index (χ0) is 10.9. The maximum absolute atomic E-state index is 10.7. The molecule has 0 saturated heterocycles. The Balaban J connectivity index is 3.44. The fourth-order valence-electron chi connectivity index (χ4n) is 1.04. The number of nitro groups is 1. The molecule has 0 aliphatic carbocycles. The topological polar surface area (TPSA) is 72.2 Å². The van der Waals surface area contributed by atoms with Crippen molar-refractivity contribution in [2.24, 2.45) is 0 Å². The molecule has 0 unspecified atom stereocenters. The van der Waals surface area contributed by atoms with E-state index >= 15 is 0 Å². The maximum Gasteiger partial charge on any atom is 0.332 e. The molecule has 0 N–H and O–H groups in total. The van der Waals surface area contributed by atoms with Gasteiger partial charge in [-0.25, -0.2) is 4.98 Å². The van der Waals surface area contributed by atoms with Crippen LogP contribution >= 0.6 is 11.6 Å². The maximum atomic E-state index is 10.7. The highest BCUT2D eigenvalue weighted by Gasteiger charge is 2.22. The highest BCUT2D eigenvalue weighted by Crippen LogP contribution is 2.27. The number of anilines is 1. The van der Waals surface area contributed by atoms with Gasteiger partial charge in [0.25, 0.3) is 0 Å². The van der Waals surface area contributed by atoms with Crippen molar-refractivity contribution < 1.29 is 4.92 Å². The number of aryl methyl sites for hydroxylation is 1. The Labute approximate surface area is 85.7 Å². The number of hydrogen-bond donors (Lipinski definition) is 0. The number of rotatable bonds is 2. The number of aromatic nitrogens is 2. The Hall–Kier alpha value is -1.43. The predicted octanol–water partition coefficient (Wildman–Crippen LogP) is 1.41. The van der Waals surface area contributed by atoms with Crippen LogP contribution in [0.25, 0.3) is 0 Å². The van der Waals surface area contributed by atoms with E-state index in [-0.39, 0.29) is 22.5 Å². The third kappa shape index (κ3) is 1.90. The summed E-state index contributed by atoms with van der Waals surface area (Å²) in [6.07, 6.45) is 0. The van der Waals surface area contributed by atoms with Crippen molar-refractivity contribution in [3.63, 3.8) is 0 Å². The van der Waals surface area contributed by atoms with Crippen molar-refractivity contribution in [1.82, 2.24) is 9.97 Å². The van der Waals surface area contributed by atoms with E-state index in [9.17, 15) is 10.1 Å². The van der Waals surface area contributed by atoms with Gasteiger partial charge in [0.05, 0.1) is 4.92 Å². The van der Waals surface area contributed by atoms with E-state index in [1.807, 2.05) is 0 Å². The Morgan fingerprint density at radius 3 is 2.43 bits per heavy atom. The van der Waals surface area contributed by atoms with Crippen molar-refractivity contribution in [3.8, 4) is 0 Å². The lowest BCUT2D eigenvalue weighted by Crippen LogP contribution is -2.14. The Morgan fingerprint density at radius 2 is 2.00 bits per heavy atom. The van der Waals surface area contributed by atoms with Gasteiger partial charge in [-0.3, -0.25) is 10.1 Å². The molecule has 0 aromatic carbocycles. The second kappa shape index (κ2) is 3.75. The normalized spacial score (nSPS) is 10.0. The molecule has 6 nitrogen and oxygen atoms in total. The molecule has 0 bridgehead atoms. The summed E-state index contributed by atoms with van der Waals surface area (Å²) in [4.78, 5) is 19.2. The van der Waals surface area contributed by atoms with Crippen LogP contribution in [0.15, 0.2) is 0 Å². The van der Waals surface area contributed by atoms with Crippen LogP contribution in [0.3, 0.4) is 0 Å². The van der Waals surface area contributed by atoms with Gasteiger partial charge in [0, 0.05) is 14.1 Å². The molecule has 0 saturated carbocycles. The van der Waals surface area contributed by atoms with Gasteiger partial charge in [-0.05, 0) is 18.5 Å². The monoisotopic (exact) mass is 216 g/mol. The fraction of sp³-hybridized carbons (Fsp3) is 0.429. The van der Waals surface area contributed by atoms with Gasteiger partial charge in [0.15, 0.2) is 0 Å². The van der Waals surface area contributed by atoms with Crippen molar-refractivity contribution >= 4 is 23.1 Å². The lowest BCUT2D eigenvalue weighted by molar-refractivity contribution is -0.385. The molecule has 76 valence electrons. The number of halogens is 1. The van der Waals surface area contributed by atoms with E-state index in [1.54, 1.807) is 14.1 Å². The molecule has 0 atom stereocenters. The molecule has 0 radical (unpaired) electrons. The zero-order valence-corrected chi connectivity index (χ0v) is 8.74. The molecule has 1 aromatic heterocycles. The molecule has 1 rings (SSSR count). The van der Waals surface area contributed by atoms with E-state index in [1.165, 1.54) is 11.8 Å². The minimum absolute atomic E-state index is 0.0109. The number of nitrogens with zero attached hydrogens (tertiary/aromatic N) is 4. The lowest BCUT2D eigenvalue weighted by atomic mass is 10.3. The van der Waals surface area contributed by atoms with Crippen LogP contribution in [0.5, 0.6) is 0 Å². The highest BCUT2D eigenvalue weighted by molar-refractivity contribution is 6.28. The molecule has 14 heavy (non-hydrogen) atoms. The van der Waals surface area contributed by atoms with Crippen LogP contribution in [0.4, 0.5) is 11.5 Å². The average molecular weight is 217 g/mol. The van der Waals surface area contributed by atoms with E-state index in [4.69, 9.17) is 11.6 Å². The summed E-state index contributed by atoms with van der Waals surface area (Å²) >= 11 is 5.60. The van der Waals surface area contributed by atoms with Gasteiger partial charge in [0.1, 0.15) is 5.69 Å². The standard InChI is InChI=1S/C7H9ClN4O2/c1-4-5(12(13)14)6(11(2)3)10-7(8)9-4/h1-3H3. The van der Waals surface area contributed by atoms with Crippen molar-refractivity contribution in [1.29, 1.82) is 0 Å². The summed E-state index contributed by atoms with van der Waals surface area (Å²) in [5.74, 6) is 0.215. The zero-order valence-electron chi connectivity index (χ0n) is 7.98. The molecule has 0 spiro atoms. The summed E-state index contributed by atoms with van der Waals surface area (Å²) in [5, 5.41) is 10.7. The first kappa shape index (κ1) is 10.6. The summed E-state index contributed by atoms with van der Waals surface area (Å²) in [7, 11) is 3.32. The first-order valence-corrected chi connectivity index (χ1v) is 4.17. The second-order valence-electron chi connectivity index (χ2n) is 2.90. The summed E-state index contributed by atoms with van der Waals surface area (Å²) in [5.41, 5.74) is 0.151. The summed E-state index contributed by atoms with van der Waals surface area (Å²) in [6.45, 7) is 1.53. The fourth-order valence-corrected chi connectivity index (χ4v) is 1.25. The van der Waals surface area contributed by atoms with Crippen LogP contribution in [-0.4, -0.2) is 29.0 Å². The van der Waals surface area contributed by atoms with Crippen LogP contribution in [0, 0.1) is 17.0 Å². The third-order valence-electron chi connectivity index (χ3n) is 1.62. The molecule has 0 fully saturated rings. The van der Waals surface area contributed by atoms with E-state index in [2.05, 4.69) is 9.97 Å². The Kier molecular flexibility index (Phi) is 2.85. The SMILES string of the molecule is Cc1nc(Cl)nc(N(C)C)c1[N+](=O)[O-]. The Morgan fingerprint density at radius 1 is 1.43 bits per heavy atom. The molecule has 1 aromatic rings. The number of hydrogen-bond acceptors (Lipinski definition) is 5. The molecular weight excluding hydrogens is 208 g/mol. The largest absolute Gasteiger partial charge is 0.357 e. The van der Waals surface area contributed by atoms with Gasteiger partial charge < -0.3 is 4.90 Å². The first-order chi connectivity index (χ1) is 6.43. The van der Waals surface area contributed by atoms with E-state index in [0.717, 1.165) is 0 Å². The molecule has 0 aliphatic heterocycles. The van der Waals surface area contributed by atoms with Gasteiger partial charge in [-0.1, -0.05) is 0 Å². The second-order valence-corrected chi connectivity index (χ2v) is 3.24. The van der Waals surface area contributed by atoms with Gasteiger partial charge in [-0.2, -0.15) is 4.98 Å². The van der Waals surface area contributed by atoms with Gasteiger partial charge in [-0.15, -0.1) is 0 Å². The average Bonchev–Trinajstić information content (AvgIpc) is 2.01. The minimum Gasteiger partial charge on any atom is -0.357 e. The smallest absolute Gasteiger partial charge is 0.332 e. The van der Waals surface area contributed by atoms with Gasteiger partial charge in [0.2, 0.25) is 11.1 Å². The van der Waals surface area contributed by atoms with Crippen molar-refractivity contribution in [2.45, 2.75) is 6.92 Å². The lowest BCUT2D eigenvalue weighted by Gasteiger charge is -2.11. The quantitative estimate of drug-likeness (QED) is 0.425. The van der Waals surface area contributed by atoms with Crippen LogP contribution < -0.4 is 4.90 Å². The molecule has 0 amide bonds. The van der Waals surface area contributed by atoms with Gasteiger partial charge >= 0.3 is 5.69 Å². The molecular formula is C7H9ClN4O2. The predicted molar refractivity (Wildman–Crippen MR) is 52.8 cm³/mol. The van der Waals surface area contributed by atoms with Crippen LogP contribution in [-0.2, 0) is 0 Å².